The zero-order valence-electron chi connectivity index (χ0n) is 5.72. The third kappa shape index (κ3) is 0.879. The lowest BCUT2D eigenvalue weighted by atomic mass is 9.92. The van der Waals surface area contributed by atoms with E-state index in [9.17, 15) is 0 Å². The van der Waals surface area contributed by atoms with Gasteiger partial charge >= 0.3 is 0 Å². The van der Waals surface area contributed by atoms with Crippen molar-refractivity contribution >= 4 is 29.7 Å². The second-order valence-corrected chi connectivity index (χ2v) is 2.85. The lowest BCUT2D eigenvalue weighted by molar-refractivity contribution is 1.54. The van der Waals surface area contributed by atoms with Gasteiger partial charge in [-0.1, -0.05) is 30.9 Å². The standard InChI is InChI=1S/C8H8S2/c1-3-5-7(9)6(4-2)8(5)10/h3-4,9H,1H2,2H3/b6-4-. The van der Waals surface area contributed by atoms with Gasteiger partial charge in [-0.25, -0.2) is 0 Å². The van der Waals surface area contributed by atoms with Crippen LogP contribution in [0.3, 0.4) is 0 Å². The SMILES string of the molecule is C=CC1=C(S)/C(=C/C)C1=S. The molecule has 0 spiro atoms. The highest BCUT2D eigenvalue weighted by Crippen LogP contribution is 2.34. The van der Waals surface area contributed by atoms with E-state index in [-0.39, 0.29) is 0 Å². The van der Waals surface area contributed by atoms with Crippen LogP contribution in [0, 0.1) is 0 Å². The molecule has 52 valence electrons. The van der Waals surface area contributed by atoms with Gasteiger partial charge in [0, 0.05) is 16.1 Å². The van der Waals surface area contributed by atoms with Crippen LogP contribution in [0.25, 0.3) is 0 Å². The van der Waals surface area contributed by atoms with Crippen molar-refractivity contribution in [1.29, 1.82) is 0 Å². The Morgan fingerprint density at radius 3 is 2.50 bits per heavy atom. The van der Waals surface area contributed by atoms with Gasteiger partial charge in [0.05, 0.1) is 4.86 Å². The minimum absolute atomic E-state index is 0.891. The molecule has 2 heteroatoms. The van der Waals surface area contributed by atoms with Gasteiger partial charge in [0.15, 0.2) is 0 Å². The van der Waals surface area contributed by atoms with E-state index in [1.54, 1.807) is 6.08 Å². The summed E-state index contributed by atoms with van der Waals surface area (Å²) in [6, 6.07) is 0. The van der Waals surface area contributed by atoms with Crippen molar-refractivity contribution in [3.05, 3.63) is 34.8 Å². The molecule has 0 aromatic heterocycles. The summed E-state index contributed by atoms with van der Waals surface area (Å²) in [6.07, 6.45) is 3.72. The van der Waals surface area contributed by atoms with E-state index in [1.165, 1.54) is 0 Å². The molecule has 0 saturated carbocycles. The predicted octanol–water partition coefficient (Wildman–Crippen LogP) is 2.69. The van der Waals surface area contributed by atoms with E-state index >= 15 is 0 Å². The number of hydrogen-bond acceptors (Lipinski definition) is 2. The third-order valence-corrected chi connectivity index (χ3v) is 2.41. The highest BCUT2D eigenvalue weighted by Gasteiger charge is 2.23. The van der Waals surface area contributed by atoms with Crippen LogP contribution < -0.4 is 0 Å². The van der Waals surface area contributed by atoms with E-state index in [2.05, 4.69) is 19.2 Å². The predicted molar refractivity (Wildman–Crippen MR) is 52.6 cm³/mol. The molecule has 0 fully saturated rings. The lowest BCUT2D eigenvalue weighted by Crippen LogP contribution is -2.15. The Labute approximate surface area is 71.7 Å². The summed E-state index contributed by atoms with van der Waals surface area (Å²) in [6.45, 7) is 5.59. The van der Waals surface area contributed by atoms with Crippen molar-refractivity contribution in [2.75, 3.05) is 0 Å². The van der Waals surface area contributed by atoms with Crippen LogP contribution in [0.1, 0.15) is 6.92 Å². The summed E-state index contributed by atoms with van der Waals surface area (Å²) >= 11 is 9.30. The molecule has 1 aliphatic rings. The van der Waals surface area contributed by atoms with Crippen LogP contribution in [0.15, 0.2) is 34.8 Å². The van der Waals surface area contributed by atoms with Crippen LogP contribution in [0.5, 0.6) is 0 Å². The van der Waals surface area contributed by atoms with Crippen LogP contribution in [-0.2, 0) is 0 Å². The monoisotopic (exact) mass is 168 g/mol. The molecule has 0 radical (unpaired) electrons. The maximum absolute atomic E-state index is 5.06. The normalized spacial score (nSPS) is 21.4. The molecule has 0 nitrogen and oxygen atoms in total. The van der Waals surface area contributed by atoms with Crippen LogP contribution in [0.2, 0.25) is 0 Å². The molecule has 10 heavy (non-hydrogen) atoms. The largest absolute Gasteiger partial charge is 0.142 e. The Morgan fingerprint density at radius 2 is 2.20 bits per heavy atom. The van der Waals surface area contributed by atoms with E-state index in [0.717, 1.165) is 20.9 Å². The maximum atomic E-state index is 5.06. The minimum Gasteiger partial charge on any atom is -0.142 e. The zero-order valence-corrected chi connectivity index (χ0v) is 7.43. The van der Waals surface area contributed by atoms with Crippen LogP contribution in [-0.4, -0.2) is 4.86 Å². The zero-order chi connectivity index (χ0) is 7.72. The quantitative estimate of drug-likeness (QED) is 0.357. The summed E-state index contributed by atoms with van der Waals surface area (Å²) in [5.41, 5.74) is 2.08. The Morgan fingerprint density at radius 1 is 1.60 bits per heavy atom. The highest BCUT2D eigenvalue weighted by atomic mass is 32.1. The fourth-order valence-corrected chi connectivity index (χ4v) is 1.90. The first-order valence-corrected chi connectivity index (χ1v) is 3.85. The molecule has 0 N–H and O–H groups in total. The van der Waals surface area contributed by atoms with Gasteiger partial charge in [-0.05, 0) is 6.92 Å². The Bertz CT molecular complexity index is 256. The molecule has 0 aromatic carbocycles. The topological polar surface area (TPSA) is 0 Å². The number of thiol groups is 1. The molecule has 1 aliphatic carbocycles. The van der Waals surface area contributed by atoms with Crippen molar-refractivity contribution in [2.45, 2.75) is 6.92 Å². The minimum atomic E-state index is 0.891. The molecule has 0 aliphatic heterocycles. The van der Waals surface area contributed by atoms with Crippen LogP contribution >= 0.6 is 24.8 Å². The number of hydrogen-bond donors (Lipinski definition) is 1. The molecule has 0 atom stereocenters. The van der Waals surface area contributed by atoms with Gasteiger partial charge in [-0.2, -0.15) is 0 Å². The maximum Gasteiger partial charge on any atom is 0.0541 e. The van der Waals surface area contributed by atoms with E-state index in [4.69, 9.17) is 12.2 Å². The Hall–Kier alpha value is -0.340. The van der Waals surface area contributed by atoms with Gasteiger partial charge in [0.25, 0.3) is 0 Å². The van der Waals surface area contributed by atoms with Crippen molar-refractivity contribution in [3.8, 4) is 0 Å². The molecule has 0 amide bonds. The number of thiocarbonyl (C=S) groups is 1. The molecule has 0 unspecified atom stereocenters. The molecule has 1 rings (SSSR count). The van der Waals surface area contributed by atoms with Gasteiger partial charge in [-0.3, -0.25) is 0 Å². The molecule has 0 aromatic rings. The molecule has 0 saturated heterocycles. The fraction of sp³-hybridized carbons (Fsp3) is 0.125. The smallest absolute Gasteiger partial charge is 0.0541 e. The summed E-state index contributed by atoms with van der Waals surface area (Å²) in [4.78, 5) is 1.87. The van der Waals surface area contributed by atoms with E-state index < -0.39 is 0 Å². The second-order valence-electron chi connectivity index (χ2n) is 2.00. The molecule has 0 bridgehead atoms. The number of rotatable bonds is 1. The first-order valence-electron chi connectivity index (χ1n) is 2.99. The van der Waals surface area contributed by atoms with Crippen LogP contribution in [0.4, 0.5) is 0 Å². The van der Waals surface area contributed by atoms with Gasteiger partial charge < -0.3 is 0 Å². The highest BCUT2D eigenvalue weighted by molar-refractivity contribution is 7.86. The van der Waals surface area contributed by atoms with Gasteiger partial charge in [-0.15, -0.1) is 12.6 Å². The Kier molecular flexibility index (Phi) is 2.11. The van der Waals surface area contributed by atoms with E-state index in [0.29, 0.717) is 0 Å². The summed E-state index contributed by atoms with van der Waals surface area (Å²) < 4.78 is 0. The summed E-state index contributed by atoms with van der Waals surface area (Å²) in [5.74, 6) is 0. The Balaban J connectivity index is 3.10. The first kappa shape index (κ1) is 7.76. The average molecular weight is 168 g/mol. The molecular weight excluding hydrogens is 160 g/mol. The lowest BCUT2D eigenvalue weighted by Gasteiger charge is -2.22. The first-order chi connectivity index (χ1) is 4.72. The van der Waals surface area contributed by atoms with Gasteiger partial charge in [0.2, 0.25) is 0 Å². The van der Waals surface area contributed by atoms with Crippen molar-refractivity contribution in [3.63, 3.8) is 0 Å². The van der Waals surface area contributed by atoms with E-state index in [1.807, 2.05) is 13.0 Å². The summed E-state index contributed by atoms with van der Waals surface area (Å²) in [5, 5.41) is 0. The van der Waals surface area contributed by atoms with Gasteiger partial charge in [0.1, 0.15) is 0 Å². The van der Waals surface area contributed by atoms with Crippen molar-refractivity contribution < 1.29 is 0 Å². The third-order valence-electron chi connectivity index (χ3n) is 1.49. The number of allylic oxidation sites excluding steroid dienone is 4. The molecule has 0 heterocycles. The van der Waals surface area contributed by atoms with Crippen molar-refractivity contribution in [2.24, 2.45) is 0 Å². The molecular formula is C8H8S2. The average Bonchev–Trinajstić information content (AvgIpc) is 1.90. The second kappa shape index (κ2) is 2.72. The van der Waals surface area contributed by atoms with Crippen molar-refractivity contribution in [1.82, 2.24) is 0 Å². The summed E-state index contributed by atoms with van der Waals surface area (Å²) in [7, 11) is 0. The fourth-order valence-electron chi connectivity index (χ4n) is 0.900.